The van der Waals surface area contributed by atoms with Crippen molar-refractivity contribution in [2.45, 2.75) is 71.9 Å². The van der Waals surface area contributed by atoms with Gasteiger partial charge in [-0.15, -0.1) is 0 Å². The van der Waals surface area contributed by atoms with Crippen molar-refractivity contribution in [3.05, 3.63) is 0 Å². The van der Waals surface area contributed by atoms with Crippen LogP contribution >= 0.6 is 0 Å². The van der Waals surface area contributed by atoms with E-state index in [1.807, 2.05) is 20.8 Å². The Morgan fingerprint density at radius 3 is 2.45 bits per heavy atom. The van der Waals surface area contributed by atoms with Crippen LogP contribution in [0.15, 0.2) is 0 Å². The fourth-order valence-electron chi connectivity index (χ4n) is 3.79. The van der Waals surface area contributed by atoms with Crippen LogP contribution in [0.4, 0.5) is 0 Å². The monoisotopic (exact) mass is 310 g/mol. The van der Waals surface area contributed by atoms with Gasteiger partial charge in [0.2, 0.25) is 5.91 Å². The number of piperidine rings is 1. The van der Waals surface area contributed by atoms with Gasteiger partial charge >= 0.3 is 0 Å². The first-order valence-corrected chi connectivity index (χ1v) is 8.95. The van der Waals surface area contributed by atoms with Crippen LogP contribution in [0.5, 0.6) is 0 Å². The van der Waals surface area contributed by atoms with Gasteiger partial charge in [0.05, 0.1) is 0 Å². The van der Waals surface area contributed by atoms with E-state index in [1.54, 1.807) is 0 Å². The fourth-order valence-corrected chi connectivity index (χ4v) is 3.79. The lowest BCUT2D eigenvalue weighted by atomic mass is 9.78. The van der Waals surface area contributed by atoms with Gasteiger partial charge in [0, 0.05) is 37.2 Å². The van der Waals surface area contributed by atoms with Crippen molar-refractivity contribution in [1.29, 1.82) is 0 Å². The number of hydrogen-bond donors (Lipinski definition) is 2. The van der Waals surface area contributed by atoms with E-state index in [9.17, 15) is 4.79 Å². The third-order valence-corrected chi connectivity index (χ3v) is 5.22. The van der Waals surface area contributed by atoms with Crippen molar-refractivity contribution in [2.24, 2.45) is 17.3 Å². The number of carbonyl (C=O) groups is 1. The summed E-state index contributed by atoms with van der Waals surface area (Å²) in [5.41, 5.74) is -0.326. The first-order chi connectivity index (χ1) is 10.3. The van der Waals surface area contributed by atoms with Gasteiger partial charge < -0.3 is 10.4 Å². The van der Waals surface area contributed by atoms with Crippen molar-refractivity contribution in [1.82, 2.24) is 10.2 Å². The van der Waals surface area contributed by atoms with Gasteiger partial charge in [0.25, 0.3) is 0 Å². The number of carbonyl (C=O) groups excluding carboxylic acids is 1. The van der Waals surface area contributed by atoms with Gasteiger partial charge in [-0.1, -0.05) is 27.7 Å². The molecule has 4 heteroatoms. The lowest BCUT2D eigenvalue weighted by Crippen LogP contribution is -2.57. The summed E-state index contributed by atoms with van der Waals surface area (Å²) in [4.78, 5) is 14.9. The highest BCUT2D eigenvalue weighted by atomic mass is 16.2. The largest absolute Gasteiger partial charge is 0.396 e. The first kappa shape index (κ1) is 17.7. The van der Waals surface area contributed by atoms with Gasteiger partial charge in [0.15, 0.2) is 0 Å². The minimum atomic E-state index is -0.326. The standard InChI is InChI=1S/C18H34N2O2/c1-13-8-16(9-13)20-11-14(6-5-7-21)10-15(12-20)19-17(22)18(2,3)4/h13-16,21H,5-12H2,1-4H3,(H,19,22). The maximum Gasteiger partial charge on any atom is 0.225 e. The summed E-state index contributed by atoms with van der Waals surface area (Å²) < 4.78 is 0. The van der Waals surface area contributed by atoms with Crippen LogP contribution in [0.25, 0.3) is 0 Å². The van der Waals surface area contributed by atoms with E-state index in [0.717, 1.165) is 38.3 Å². The van der Waals surface area contributed by atoms with E-state index in [1.165, 1.54) is 12.8 Å². The van der Waals surface area contributed by atoms with Crippen molar-refractivity contribution < 1.29 is 9.90 Å². The average molecular weight is 310 g/mol. The quantitative estimate of drug-likeness (QED) is 0.820. The molecule has 1 aliphatic heterocycles. The summed E-state index contributed by atoms with van der Waals surface area (Å²) in [6.45, 7) is 10.6. The van der Waals surface area contributed by atoms with Crippen LogP contribution in [-0.4, -0.2) is 47.7 Å². The molecule has 1 amide bonds. The highest BCUT2D eigenvalue weighted by Crippen LogP contribution is 2.34. The normalized spacial score (nSPS) is 33.3. The second kappa shape index (κ2) is 7.31. The molecule has 128 valence electrons. The molecule has 0 spiro atoms. The molecule has 2 aliphatic rings. The van der Waals surface area contributed by atoms with E-state index in [2.05, 4.69) is 17.1 Å². The van der Waals surface area contributed by atoms with E-state index in [0.29, 0.717) is 12.0 Å². The van der Waals surface area contributed by atoms with Gasteiger partial charge in [-0.05, 0) is 43.9 Å². The SMILES string of the molecule is CC1CC(N2CC(CCCO)CC(NC(=O)C(C)(C)C)C2)C1. The van der Waals surface area contributed by atoms with Crippen LogP contribution < -0.4 is 5.32 Å². The van der Waals surface area contributed by atoms with Crippen molar-refractivity contribution in [3.8, 4) is 0 Å². The topological polar surface area (TPSA) is 52.6 Å². The predicted octanol–water partition coefficient (Wildman–Crippen LogP) is 2.41. The Morgan fingerprint density at radius 1 is 1.23 bits per heavy atom. The van der Waals surface area contributed by atoms with E-state index < -0.39 is 0 Å². The number of nitrogens with zero attached hydrogens (tertiary/aromatic N) is 1. The Bertz CT molecular complexity index is 372. The fraction of sp³-hybridized carbons (Fsp3) is 0.944. The number of likely N-dealkylation sites (tertiary alicyclic amines) is 1. The number of amides is 1. The summed E-state index contributed by atoms with van der Waals surface area (Å²) in [6, 6.07) is 0.973. The zero-order chi connectivity index (χ0) is 16.3. The van der Waals surface area contributed by atoms with E-state index in [4.69, 9.17) is 5.11 Å². The zero-order valence-corrected chi connectivity index (χ0v) is 14.8. The molecule has 2 rings (SSSR count). The Balaban J connectivity index is 1.94. The first-order valence-electron chi connectivity index (χ1n) is 8.95. The third-order valence-electron chi connectivity index (χ3n) is 5.22. The summed E-state index contributed by atoms with van der Waals surface area (Å²) in [5.74, 6) is 1.61. The number of rotatable bonds is 5. The molecule has 0 aromatic rings. The summed E-state index contributed by atoms with van der Waals surface area (Å²) >= 11 is 0. The van der Waals surface area contributed by atoms with Gasteiger partial charge in [-0.2, -0.15) is 0 Å². The molecule has 1 saturated heterocycles. The van der Waals surface area contributed by atoms with Crippen LogP contribution in [0.3, 0.4) is 0 Å². The second-order valence-electron chi connectivity index (χ2n) is 8.57. The molecule has 2 atom stereocenters. The predicted molar refractivity (Wildman–Crippen MR) is 89.6 cm³/mol. The number of aliphatic hydroxyl groups excluding tert-OH is 1. The molecule has 2 N–H and O–H groups in total. The zero-order valence-electron chi connectivity index (χ0n) is 14.8. The number of hydrogen-bond acceptors (Lipinski definition) is 3. The molecule has 1 heterocycles. The summed E-state index contributed by atoms with van der Waals surface area (Å²) in [7, 11) is 0. The lowest BCUT2D eigenvalue weighted by Gasteiger charge is -2.48. The average Bonchev–Trinajstić information content (AvgIpc) is 2.40. The molecule has 0 bridgehead atoms. The third kappa shape index (κ3) is 4.69. The molecular weight excluding hydrogens is 276 g/mol. The Morgan fingerprint density at radius 2 is 1.91 bits per heavy atom. The Kier molecular flexibility index (Phi) is 5.89. The minimum absolute atomic E-state index is 0.155. The maximum atomic E-state index is 12.3. The molecule has 0 aromatic carbocycles. The molecule has 0 aromatic heterocycles. The van der Waals surface area contributed by atoms with Gasteiger partial charge in [-0.3, -0.25) is 9.69 Å². The highest BCUT2D eigenvalue weighted by Gasteiger charge is 2.37. The molecule has 22 heavy (non-hydrogen) atoms. The van der Waals surface area contributed by atoms with Crippen molar-refractivity contribution in [2.75, 3.05) is 19.7 Å². The summed E-state index contributed by atoms with van der Waals surface area (Å²) in [6.07, 6.45) is 5.59. The number of nitrogens with one attached hydrogen (secondary N) is 1. The molecular formula is C18H34N2O2. The lowest BCUT2D eigenvalue weighted by molar-refractivity contribution is -0.130. The van der Waals surface area contributed by atoms with Crippen LogP contribution in [0.2, 0.25) is 0 Å². The second-order valence-corrected chi connectivity index (χ2v) is 8.57. The van der Waals surface area contributed by atoms with Crippen LogP contribution in [0, 0.1) is 17.3 Å². The number of aliphatic hydroxyl groups is 1. The molecule has 0 radical (unpaired) electrons. The molecule has 4 nitrogen and oxygen atoms in total. The molecule has 2 fully saturated rings. The molecule has 2 unspecified atom stereocenters. The molecule has 1 aliphatic carbocycles. The van der Waals surface area contributed by atoms with Crippen LogP contribution in [-0.2, 0) is 4.79 Å². The van der Waals surface area contributed by atoms with Crippen molar-refractivity contribution in [3.63, 3.8) is 0 Å². The smallest absolute Gasteiger partial charge is 0.225 e. The molecule has 1 saturated carbocycles. The van der Waals surface area contributed by atoms with E-state index >= 15 is 0 Å². The van der Waals surface area contributed by atoms with E-state index in [-0.39, 0.29) is 24.0 Å². The Labute approximate surface area is 135 Å². The van der Waals surface area contributed by atoms with Gasteiger partial charge in [0.1, 0.15) is 0 Å². The van der Waals surface area contributed by atoms with Crippen LogP contribution in [0.1, 0.15) is 59.8 Å². The maximum absolute atomic E-state index is 12.3. The minimum Gasteiger partial charge on any atom is -0.396 e. The summed E-state index contributed by atoms with van der Waals surface area (Å²) in [5, 5.41) is 12.4. The van der Waals surface area contributed by atoms with Crippen molar-refractivity contribution >= 4 is 5.91 Å². The highest BCUT2D eigenvalue weighted by molar-refractivity contribution is 5.81. The Hall–Kier alpha value is -0.610. The van der Waals surface area contributed by atoms with Gasteiger partial charge in [-0.25, -0.2) is 0 Å².